The SMILES string of the molecule is CC(C)(c1ccccc1O)c1ccccc1O.CC1CSSC1C. The number of hydrogen-bond donors (Lipinski definition) is 2. The van der Waals surface area contributed by atoms with Gasteiger partial charge >= 0.3 is 0 Å². The molecule has 2 nitrogen and oxygen atoms in total. The van der Waals surface area contributed by atoms with Crippen molar-refractivity contribution in [2.45, 2.75) is 38.4 Å². The van der Waals surface area contributed by atoms with Crippen molar-refractivity contribution in [3.05, 3.63) is 59.7 Å². The van der Waals surface area contributed by atoms with Gasteiger partial charge in [-0.25, -0.2) is 0 Å². The Morgan fingerprint density at radius 3 is 1.62 bits per heavy atom. The molecule has 1 aliphatic rings. The number of benzene rings is 2. The van der Waals surface area contributed by atoms with Crippen LogP contribution in [-0.4, -0.2) is 21.2 Å². The van der Waals surface area contributed by atoms with E-state index >= 15 is 0 Å². The molecule has 4 heteroatoms. The normalized spacial score (nSPS) is 20.3. The second-order valence-corrected chi connectivity index (χ2v) is 9.51. The van der Waals surface area contributed by atoms with Crippen molar-refractivity contribution in [1.29, 1.82) is 0 Å². The van der Waals surface area contributed by atoms with Crippen LogP contribution >= 0.6 is 21.6 Å². The molecule has 0 aliphatic carbocycles. The molecule has 1 aliphatic heterocycles. The lowest BCUT2D eigenvalue weighted by Crippen LogP contribution is -2.19. The van der Waals surface area contributed by atoms with E-state index in [1.165, 1.54) is 5.75 Å². The Labute approximate surface area is 153 Å². The van der Waals surface area contributed by atoms with Gasteiger partial charge in [0.05, 0.1) is 0 Å². The van der Waals surface area contributed by atoms with Crippen molar-refractivity contribution in [1.82, 2.24) is 0 Å². The fourth-order valence-corrected chi connectivity index (χ4v) is 5.93. The molecule has 130 valence electrons. The number of aromatic hydroxyl groups is 2. The molecule has 24 heavy (non-hydrogen) atoms. The standard InChI is InChI=1S/C15H16O2.C5H10S2/c1-15(2,11-7-3-5-9-13(11)16)12-8-4-6-10-14(12)17;1-4-3-6-7-5(4)2/h3-10,16-17H,1-2H3;4-5H,3H2,1-2H3. The lowest BCUT2D eigenvalue weighted by Gasteiger charge is -2.27. The molecule has 2 unspecified atom stereocenters. The Balaban J connectivity index is 0.000000249. The molecule has 0 amide bonds. The Kier molecular flexibility index (Phi) is 6.53. The molecule has 2 aromatic carbocycles. The first-order chi connectivity index (χ1) is 11.3. The minimum atomic E-state index is -0.434. The van der Waals surface area contributed by atoms with E-state index in [-0.39, 0.29) is 11.5 Å². The maximum atomic E-state index is 9.92. The summed E-state index contributed by atoms with van der Waals surface area (Å²) in [5.74, 6) is 2.79. The molecule has 2 aromatic rings. The monoisotopic (exact) mass is 362 g/mol. The maximum Gasteiger partial charge on any atom is 0.119 e. The molecular weight excluding hydrogens is 336 g/mol. The third kappa shape index (κ3) is 4.42. The van der Waals surface area contributed by atoms with Gasteiger partial charge in [-0.2, -0.15) is 0 Å². The number of para-hydroxylation sites is 2. The largest absolute Gasteiger partial charge is 0.508 e. The highest BCUT2D eigenvalue weighted by Gasteiger charge is 2.28. The summed E-state index contributed by atoms with van der Waals surface area (Å²) in [5, 5.41) is 20.7. The van der Waals surface area contributed by atoms with Gasteiger partial charge in [0, 0.05) is 27.5 Å². The van der Waals surface area contributed by atoms with E-state index in [2.05, 4.69) is 13.8 Å². The molecule has 0 bridgehead atoms. The Bertz CT molecular complexity index is 615. The highest BCUT2D eigenvalue weighted by Crippen LogP contribution is 2.41. The third-order valence-electron chi connectivity index (χ3n) is 4.51. The fraction of sp³-hybridized carbons (Fsp3) is 0.400. The van der Waals surface area contributed by atoms with Crippen LogP contribution in [0.4, 0.5) is 0 Å². The maximum absolute atomic E-state index is 9.92. The van der Waals surface area contributed by atoms with E-state index in [0.717, 1.165) is 22.3 Å². The van der Waals surface area contributed by atoms with Crippen LogP contribution in [-0.2, 0) is 5.41 Å². The van der Waals surface area contributed by atoms with Crippen molar-refractivity contribution in [3.63, 3.8) is 0 Å². The summed E-state index contributed by atoms with van der Waals surface area (Å²) >= 11 is 0. The summed E-state index contributed by atoms with van der Waals surface area (Å²) in [6, 6.07) is 14.4. The smallest absolute Gasteiger partial charge is 0.119 e. The second-order valence-electron chi connectivity index (χ2n) is 6.72. The van der Waals surface area contributed by atoms with Gasteiger partial charge in [0.1, 0.15) is 11.5 Å². The molecule has 1 fully saturated rings. The van der Waals surface area contributed by atoms with Gasteiger partial charge in [0.25, 0.3) is 0 Å². The first-order valence-corrected chi connectivity index (χ1v) is 10.6. The van der Waals surface area contributed by atoms with Crippen molar-refractivity contribution in [3.8, 4) is 11.5 Å². The molecule has 1 heterocycles. The van der Waals surface area contributed by atoms with E-state index in [1.54, 1.807) is 24.3 Å². The lowest BCUT2D eigenvalue weighted by molar-refractivity contribution is 0.435. The van der Waals surface area contributed by atoms with E-state index < -0.39 is 5.41 Å². The lowest BCUT2D eigenvalue weighted by atomic mass is 9.77. The predicted octanol–water partition coefficient (Wildman–Crippen LogP) is 5.83. The van der Waals surface area contributed by atoms with Gasteiger partial charge in [-0.3, -0.25) is 0 Å². The second kappa shape index (κ2) is 8.21. The van der Waals surface area contributed by atoms with Gasteiger partial charge in [0.15, 0.2) is 0 Å². The average molecular weight is 363 g/mol. The summed E-state index contributed by atoms with van der Waals surface area (Å²) in [7, 11) is 4.03. The zero-order valence-corrected chi connectivity index (χ0v) is 16.3. The molecule has 1 saturated heterocycles. The minimum Gasteiger partial charge on any atom is -0.508 e. The molecule has 0 saturated carbocycles. The van der Waals surface area contributed by atoms with Crippen LogP contribution < -0.4 is 0 Å². The van der Waals surface area contributed by atoms with Gasteiger partial charge in [-0.15, -0.1) is 0 Å². The van der Waals surface area contributed by atoms with Crippen LogP contribution in [0.3, 0.4) is 0 Å². The van der Waals surface area contributed by atoms with E-state index in [1.807, 2.05) is 59.7 Å². The Hall–Kier alpha value is -1.26. The van der Waals surface area contributed by atoms with Crippen molar-refractivity contribution >= 4 is 21.6 Å². The van der Waals surface area contributed by atoms with Crippen molar-refractivity contribution in [2.75, 3.05) is 5.75 Å². The van der Waals surface area contributed by atoms with E-state index in [0.29, 0.717) is 0 Å². The summed E-state index contributed by atoms with van der Waals surface area (Å²) in [4.78, 5) is 0. The van der Waals surface area contributed by atoms with Crippen LogP contribution in [0.1, 0.15) is 38.8 Å². The molecule has 2 N–H and O–H groups in total. The van der Waals surface area contributed by atoms with Crippen LogP contribution in [0.25, 0.3) is 0 Å². The quantitative estimate of drug-likeness (QED) is 0.659. The molecule has 0 aromatic heterocycles. The first kappa shape index (κ1) is 19.1. The van der Waals surface area contributed by atoms with Gasteiger partial charge in [-0.05, 0) is 18.1 Å². The Morgan fingerprint density at radius 2 is 1.33 bits per heavy atom. The highest BCUT2D eigenvalue weighted by molar-refractivity contribution is 8.77. The fourth-order valence-electron chi connectivity index (χ4n) is 2.63. The molecule has 3 rings (SSSR count). The van der Waals surface area contributed by atoms with Gasteiger partial charge < -0.3 is 10.2 Å². The molecule has 0 spiro atoms. The number of phenolic OH excluding ortho intramolecular Hbond substituents is 2. The summed E-state index contributed by atoms with van der Waals surface area (Å²) in [5.41, 5.74) is 1.18. The number of rotatable bonds is 2. The van der Waals surface area contributed by atoms with Crippen LogP contribution in [0, 0.1) is 5.92 Å². The van der Waals surface area contributed by atoms with Gasteiger partial charge in [0.2, 0.25) is 0 Å². The zero-order chi connectivity index (χ0) is 17.7. The zero-order valence-electron chi connectivity index (χ0n) is 14.7. The van der Waals surface area contributed by atoms with Crippen LogP contribution in [0.5, 0.6) is 11.5 Å². The third-order valence-corrected chi connectivity index (χ3v) is 7.80. The molecular formula is C20H26O2S2. The summed E-state index contributed by atoms with van der Waals surface area (Å²) in [6.07, 6.45) is 0. The van der Waals surface area contributed by atoms with E-state index in [4.69, 9.17) is 0 Å². The van der Waals surface area contributed by atoms with Crippen LogP contribution in [0.2, 0.25) is 0 Å². The molecule has 0 radical (unpaired) electrons. The molecule has 2 atom stereocenters. The minimum absolute atomic E-state index is 0.251. The Morgan fingerprint density at radius 1 is 0.875 bits per heavy atom. The highest BCUT2D eigenvalue weighted by atomic mass is 33.1. The van der Waals surface area contributed by atoms with Gasteiger partial charge in [-0.1, -0.05) is 85.7 Å². The van der Waals surface area contributed by atoms with Crippen LogP contribution in [0.15, 0.2) is 48.5 Å². The average Bonchev–Trinajstić information content (AvgIpc) is 2.92. The summed E-state index contributed by atoms with van der Waals surface area (Å²) in [6.45, 7) is 8.58. The van der Waals surface area contributed by atoms with Crippen molar-refractivity contribution < 1.29 is 10.2 Å². The van der Waals surface area contributed by atoms with Crippen molar-refractivity contribution in [2.24, 2.45) is 5.92 Å². The number of phenols is 2. The topological polar surface area (TPSA) is 40.5 Å². The predicted molar refractivity (Wildman–Crippen MR) is 107 cm³/mol. The number of hydrogen-bond acceptors (Lipinski definition) is 4. The summed E-state index contributed by atoms with van der Waals surface area (Å²) < 4.78 is 0. The van der Waals surface area contributed by atoms with E-state index in [9.17, 15) is 10.2 Å². The first-order valence-electron chi connectivity index (χ1n) is 8.19.